The topological polar surface area (TPSA) is 63.2 Å². The maximum Gasteiger partial charge on any atom is 0.346 e. The van der Waals surface area contributed by atoms with Crippen molar-refractivity contribution in [1.29, 1.82) is 0 Å². The molecule has 2 rings (SSSR count). The fourth-order valence-corrected chi connectivity index (χ4v) is 2.31. The van der Waals surface area contributed by atoms with Gasteiger partial charge in [-0.05, 0) is 18.2 Å². The first-order valence-corrected chi connectivity index (χ1v) is 7.24. The molecule has 24 heavy (non-hydrogen) atoms. The number of benzene rings is 2. The van der Waals surface area contributed by atoms with Gasteiger partial charge in [0.1, 0.15) is 23.7 Å². The second-order valence-corrected chi connectivity index (χ2v) is 4.77. The Morgan fingerprint density at radius 2 is 1.42 bits per heavy atom. The van der Waals surface area contributed by atoms with Gasteiger partial charge >= 0.3 is 5.97 Å². The van der Waals surface area contributed by atoms with Crippen molar-refractivity contribution in [3.63, 3.8) is 0 Å². The van der Waals surface area contributed by atoms with Crippen LogP contribution >= 0.6 is 0 Å². The molecule has 0 atom stereocenters. The molecule has 0 amide bonds. The maximum atomic E-state index is 12.6. The van der Waals surface area contributed by atoms with Crippen molar-refractivity contribution in [2.45, 2.75) is 6.61 Å². The molecule has 0 saturated carbocycles. The summed E-state index contributed by atoms with van der Waals surface area (Å²) in [6, 6.07) is 10.6. The van der Waals surface area contributed by atoms with Gasteiger partial charge < -0.3 is 23.7 Å². The summed E-state index contributed by atoms with van der Waals surface area (Å²) in [6.07, 6.45) is 0. The molecule has 0 heterocycles. The van der Waals surface area contributed by atoms with Crippen LogP contribution in [0.5, 0.6) is 23.0 Å². The van der Waals surface area contributed by atoms with Crippen molar-refractivity contribution in [2.75, 3.05) is 28.4 Å². The Kier molecular flexibility index (Phi) is 5.89. The van der Waals surface area contributed by atoms with Gasteiger partial charge in [-0.2, -0.15) is 0 Å². The standard InChI is InChI=1S/C18H20O6/c1-20-13-8-6-5-7-12(13)11-24-18(19)16-14(21-2)9-10-15(22-3)17(16)23-4/h5-10H,11H2,1-4H3. The van der Waals surface area contributed by atoms with Gasteiger partial charge in [0.2, 0.25) is 0 Å². The first-order chi connectivity index (χ1) is 11.7. The van der Waals surface area contributed by atoms with E-state index in [9.17, 15) is 4.79 Å². The molecule has 0 unspecified atom stereocenters. The van der Waals surface area contributed by atoms with Crippen molar-refractivity contribution in [1.82, 2.24) is 0 Å². The van der Waals surface area contributed by atoms with Crippen LogP contribution in [0.4, 0.5) is 0 Å². The van der Waals surface area contributed by atoms with Crippen LogP contribution in [0.1, 0.15) is 15.9 Å². The third-order valence-electron chi connectivity index (χ3n) is 3.48. The number of ether oxygens (including phenoxy) is 5. The van der Waals surface area contributed by atoms with Crippen LogP contribution in [0.25, 0.3) is 0 Å². The van der Waals surface area contributed by atoms with Gasteiger partial charge in [-0.25, -0.2) is 4.79 Å². The molecule has 0 radical (unpaired) electrons. The molecule has 0 N–H and O–H groups in total. The van der Waals surface area contributed by atoms with E-state index in [1.165, 1.54) is 21.3 Å². The monoisotopic (exact) mass is 332 g/mol. The number of methoxy groups -OCH3 is 4. The van der Waals surface area contributed by atoms with Gasteiger partial charge in [0.25, 0.3) is 0 Å². The number of rotatable bonds is 7. The summed E-state index contributed by atoms with van der Waals surface area (Å²) in [4.78, 5) is 12.6. The Labute approximate surface area is 140 Å². The van der Waals surface area contributed by atoms with Crippen LogP contribution in [0.2, 0.25) is 0 Å². The fourth-order valence-electron chi connectivity index (χ4n) is 2.31. The van der Waals surface area contributed by atoms with Crippen LogP contribution in [-0.4, -0.2) is 34.4 Å². The normalized spacial score (nSPS) is 10.0. The summed E-state index contributed by atoms with van der Waals surface area (Å²) in [5.41, 5.74) is 0.934. The van der Waals surface area contributed by atoms with Gasteiger partial charge in [0.05, 0.1) is 28.4 Å². The van der Waals surface area contributed by atoms with E-state index in [2.05, 4.69) is 0 Å². The van der Waals surface area contributed by atoms with E-state index in [1.807, 2.05) is 18.2 Å². The highest BCUT2D eigenvalue weighted by Gasteiger charge is 2.24. The zero-order chi connectivity index (χ0) is 17.5. The molecule has 2 aromatic carbocycles. The van der Waals surface area contributed by atoms with Crippen LogP contribution in [0.15, 0.2) is 36.4 Å². The lowest BCUT2D eigenvalue weighted by molar-refractivity contribution is 0.0462. The average Bonchev–Trinajstić information content (AvgIpc) is 2.64. The summed E-state index contributed by atoms with van der Waals surface area (Å²) in [6.45, 7) is 0.0619. The molecule has 2 aromatic rings. The lowest BCUT2D eigenvalue weighted by Gasteiger charge is -2.15. The van der Waals surface area contributed by atoms with Gasteiger partial charge in [0, 0.05) is 5.56 Å². The highest BCUT2D eigenvalue weighted by Crippen LogP contribution is 2.38. The van der Waals surface area contributed by atoms with Gasteiger partial charge in [0.15, 0.2) is 11.5 Å². The second kappa shape index (κ2) is 8.10. The molecule has 0 bridgehead atoms. The summed E-state index contributed by atoms with van der Waals surface area (Å²) in [7, 11) is 5.98. The predicted molar refractivity (Wildman–Crippen MR) is 88.2 cm³/mol. The van der Waals surface area contributed by atoms with Crippen molar-refractivity contribution < 1.29 is 28.5 Å². The minimum atomic E-state index is -0.575. The molecule has 128 valence electrons. The summed E-state index contributed by atoms with van der Waals surface area (Å²) in [5, 5.41) is 0. The predicted octanol–water partition coefficient (Wildman–Crippen LogP) is 3.08. The Balaban J connectivity index is 2.29. The number of carbonyl (C=O) groups is 1. The smallest absolute Gasteiger partial charge is 0.346 e. The molecular weight excluding hydrogens is 312 g/mol. The van der Waals surface area contributed by atoms with Crippen molar-refractivity contribution in [3.05, 3.63) is 47.5 Å². The number of carbonyl (C=O) groups excluding carboxylic acids is 1. The Morgan fingerprint density at radius 1 is 0.792 bits per heavy atom. The van der Waals surface area contributed by atoms with Crippen LogP contribution in [0, 0.1) is 0 Å². The Bertz CT molecular complexity index is 711. The largest absolute Gasteiger partial charge is 0.496 e. The van der Waals surface area contributed by atoms with E-state index < -0.39 is 5.97 Å². The highest BCUT2D eigenvalue weighted by molar-refractivity contribution is 5.96. The van der Waals surface area contributed by atoms with Crippen LogP contribution in [-0.2, 0) is 11.3 Å². The SMILES string of the molecule is COc1ccccc1COC(=O)c1c(OC)ccc(OC)c1OC. The van der Waals surface area contributed by atoms with Gasteiger partial charge in [-0.1, -0.05) is 18.2 Å². The molecule has 6 nitrogen and oxygen atoms in total. The molecule has 0 aliphatic heterocycles. The lowest BCUT2D eigenvalue weighted by Crippen LogP contribution is -2.10. The van der Waals surface area contributed by atoms with Crippen molar-refractivity contribution in [3.8, 4) is 23.0 Å². The van der Waals surface area contributed by atoms with Gasteiger partial charge in [-0.15, -0.1) is 0 Å². The van der Waals surface area contributed by atoms with Crippen molar-refractivity contribution >= 4 is 5.97 Å². The van der Waals surface area contributed by atoms with Crippen LogP contribution in [0.3, 0.4) is 0 Å². The lowest BCUT2D eigenvalue weighted by atomic mass is 10.1. The van der Waals surface area contributed by atoms with Crippen molar-refractivity contribution in [2.24, 2.45) is 0 Å². The molecule has 0 spiro atoms. The van der Waals surface area contributed by atoms with E-state index in [1.54, 1.807) is 25.3 Å². The minimum Gasteiger partial charge on any atom is -0.496 e. The minimum absolute atomic E-state index is 0.0619. The van der Waals surface area contributed by atoms with E-state index in [0.717, 1.165) is 5.56 Å². The third kappa shape index (κ3) is 3.53. The molecule has 0 aliphatic rings. The molecule has 0 fully saturated rings. The van der Waals surface area contributed by atoms with E-state index in [0.29, 0.717) is 17.2 Å². The highest BCUT2D eigenvalue weighted by atomic mass is 16.5. The zero-order valence-electron chi connectivity index (χ0n) is 14.1. The number of para-hydroxylation sites is 1. The third-order valence-corrected chi connectivity index (χ3v) is 3.48. The summed E-state index contributed by atoms with van der Waals surface area (Å²) < 4.78 is 26.4. The molecular formula is C18H20O6. The number of hydrogen-bond acceptors (Lipinski definition) is 6. The zero-order valence-corrected chi connectivity index (χ0v) is 14.1. The number of esters is 1. The second-order valence-electron chi connectivity index (χ2n) is 4.77. The first kappa shape index (κ1) is 17.5. The Morgan fingerprint density at radius 3 is 2.04 bits per heavy atom. The van der Waals surface area contributed by atoms with E-state index in [4.69, 9.17) is 23.7 Å². The quantitative estimate of drug-likeness (QED) is 0.726. The summed E-state index contributed by atoms with van der Waals surface area (Å²) in [5.74, 6) is 1.10. The molecule has 6 heteroatoms. The summed E-state index contributed by atoms with van der Waals surface area (Å²) >= 11 is 0. The average molecular weight is 332 g/mol. The molecule has 0 aromatic heterocycles. The van der Waals surface area contributed by atoms with E-state index in [-0.39, 0.29) is 17.9 Å². The fraction of sp³-hybridized carbons (Fsp3) is 0.278. The van der Waals surface area contributed by atoms with Gasteiger partial charge in [-0.3, -0.25) is 0 Å². The molecule has 0 saturated heterocycles. The Hall–Kier alpha value is -2.89. The van der Waals surface area contributed by atoms with Crippen LogP contribution < -0.4 is 18.9 Å². The maximum absolute atomic E-state index is 12.6. The van der Waals surface area contributed by atoms with E-state index >= 15 is 0 Å². The number of hydrogen-bond donors (Lipinski definition) is 0. The first-order valence-electron chi connectivity index (χ1n) is 7.24. The molecule has 0 aliphatic carbocycles.